The van der Waals surface area contributed by atoms with Crippen molar-refractivity contribution in [3.8, 4) is 0 Å². The van der Waals surface area contributed by atoms with Gasteiger partial charge in [-0.05, 0) is 38.5 Å². The Labute approximate surface area is 98.1 Å². The molecule has 94 valence electrons. The van der Waals surface area contributed by atoms with Crippen LogP contribution in [0, 0.1) is 0 Å². The number of benzene rings is 1. The molecule has 1 rings (SSSR count). The van der Waals surface area contributed by atoms with Crippen LogP contribution < -0.4 is 0 Å². The summed E-state index contributed by atoms with van der Waals surface area (Å²) in [5.41, 5.74) is 0.138. The van der Waals surface area contributed by atoms with Gasteiger partial charge < -0.3 is 4.84 Å². The van der Waals surface area contributed by atoms with E-state index in [9.17, 15) is 13.2 Å². The second kappa shape index (κ2) is 5.21. The lowest BCUT2D eigenvalue weighted by molar-refractivity contribution is -0.137. The Balaban J connectivity index is 2.96. The van der Waals surface area contributed by atoms with Gasteiger partial charge >= 0.3 is 6.18 Å². The minimum Gasteiger partial charge on any atom is -0.393 e. The van der Waals surface area contributed by atoms with E-state index in [2.05, 4.69) is 5.16 Å². The van der Waals surface area contributed by atoms with Gasteiger partial charge in [0.2, 0.25) is 0 Å². The first-order valence-corrected chi connectivity index (χ1v) is 5.18. The summed E-state index contributed by atoms with van der Waals surface area (Å²) in [5.74, 6) is 0. The van der Waals surface area contributed by atoms with Gasteiger partial charge in [-0.15, -0.1) is 0 Å². The van der Waals surface area contributed by atoms with Crippen molar-refractivity contribution in [2.45, 2.75) is 33.1 Å². The first kappa shape index (κ1) is 13.5. The predicted molar refractivity (Wildman–Crippen MR) is 59.9 cm³/mol. The largest absolute Gasteiger partial charge is 0.416 e. The van der Waals surface area contributed by atoms with Crippen LogP contribution in [0.1, 0.15) is 31.9 Å². The molecule has 0 aliphatic rings. The van der Waals surface area contributed by atoms with Gasteiger partial charge in [0, 0.05) is 0 Å². The van der Waals surface area contributed by atoms with Gasteiger partial charge in [-0.3, -0.25) is 0 Å². The Morgan fingerprint density at radius 2 is 1.94 bits per heavy atom. The van der Waals surface area contributed by atoms with E-state index in [0.717, 1.165) is 12.1 Å². The third kappa shape index (κ3) is 4.09. The van der Waals surface area contributed by atoms with Crippen molar-refractivity contribution in [1.82, 2.24) is 0 Å². The Morgan fingerprint density at radius 3 is 2.47 bits per heavy atom. The van der Waals surface area contributed by atoms with Crippen molar-refractivity contribution < 1.29 is 18.0 Å². The zero-order valence-electron chi connectivity index (χ0n) is 9.88. The molecule has 1 aromatic carbocycles. The second-order valence-corrected chi connectivity index (χ2v) is 3.91. The molecule has 0 spiro atoms. The van der Waals surface area contributed by atoms with Gasteiger partial charge in [-0.1, -0.05) is 17.3 Å². The van der Waals surface area contributed by atoms with Crippen LogP contribution in [-0.4, -0.2) is 11.8 Å². The van der Waals surface area contributed by atoms with Crippen LogP contribution in [0.25, 0.3) is 0 Å². The smallest absolute Gasteiger partial charge is 0.393 e. The van der Waals surface area contributed by atoms with Gasteiger partial charge in [0.05, 0.1) is 11.3 Å². The molecule has 0 heterocycles. The van der Waals surface area contributed by atoms with E-state index in [0.29, 0.717) is 11.3 Å². The highest BCUT2D eigenvalue weighted by Crippen LogP contribution is 2.29. The zero-order chi connectivity index (χ0) is 13.1. The van der Waals surface area contributed by atoms with Crippen LogP contribution in [0.2, 0.25) is 0 Å². The molecule has 0 saturated heterocycles. The van der Waals surface area contributed by atoms with Crippen LogP contribution >= 0.6 is 0 Å². The number of hydrogen-bond donors (Lipinski definition) is 0. The SMILES string of the molecule is CC(=NOC(C)C)c1cccc(C(F)(F)F)c1. The predicted octanol–water partition coefficient (Wildman–Crippen LogP) is 3.85. The van der Waals surface area contributed by atoms with E-state index in [1.807, 2.05) is 0 Å². The molecule has 0 aromatic heterocycles. The summed E-state index contributed by atoms with van der Waals surface area (Å²) < 4.78 is 37.4. The lowest BCUT2D eigenvalue weighted by Gasteiger charge is -2.09. The van der Waals surface area contributed by atoms with E-state index in [-0.39, 0.29) is 6.10 Å². The first-order valence-electron chi connectivity index (χ1n) is 5.18. The van der Waals surface area contributed by atoms with Gasteiger partial charge in [-0.25, -0.2) is 0 Å². The average Bonchev–Trinajstić information content (AvgIpc) is 2.25. The van der Waals surface area contributed by atoms with Crippen LogP contribution in [0.3, 0.4) is 0 Å². The fourth-order valence-electron chi connectivity index (χ4n) is 1.16. The number of alkyl halides is 3. The molecule has 0 saturated carbocycles. The molecule has 0 bridgehead atoms. The minimum atomic E-state index is -4.34. The lowest BCUT2D eigenvalue weighted by Crippen LogP contribution is -2.07. The Bertz CT molecular complexity index is 410. The van der Waals surface area contributed by atoms with Crippen LogP contribution in [-0.2, 0) is 11.0 Å². The molecular weight excluding hydrogens is 231 g/mol. The molecule has 1 aromatic rings. The standard InChI is InChI=1S/C12H14F3NO/c1-8(2)17-16-9(3)10-5-4-6-11(7-10)12(13,14)15/h4-8H,1-3H3. The average molecular weight is 245 g/mol. The fraction of sp³-hybridized carbons (Fsp3) is 0.417. The third-order valence-corrected chi connectivity index (χ3v) is 2.01. The summed E-state index contributed by atoms with van der Waals surface area (Å²) in [7, 11) is 0. The van der Waals surface area contributed by atoms with Crippen molar-refractivity contribution in [2.75, 3.05) is 0 Å². The number of rotatable bonds is 3. The van der Waals surface area contributed by atoms with Crippen LogP contribution in [0.4, 0.5) is 13.2 Å². The number of nitrogens with zero attached hydrogens (tertiary/aromatic N) is 1. The molecule has 0 atom stereocenters. The summed E-state index contributed by atoms with van der Waals surface area (Å²) in [6, 6.07) is 5.01. The van der Waals surface area contributed by atoms with Crippen molar-refractivity contribution in [3.63, 3.8) is 0 Å². The lowest BCUT2D eigenvalue weighted by atomic mass is 10.1. The molecular formula is C12H14F3NO. The molecule has 0 amide bonds. The summed E-state index contributed by atoms with van der Waals surface area (Å²) in [5, 5.41) is 3.77. The van der Waals surface area contributed by atoms with Crippen molar-refractivity contribution >= 4 is 5.71 Å². The van der Waals surface area contributed by atoms with E-state index in [4.69, 9.17) is 4.84 Å². The fourth-order valence-corrected chi connectivity index (χ4v) is 1.16. The maximum absolute atomic E-state index is 12.5. The first-order chi connectivity index (χ1) is 7.80. The summed E-state index contributed by atoms with van der Waals surface area (Å²) in [6.07, 6.45) is -4.44. The molecule has 17 heavy (non-hydrogen) atoms. The Hall–Kier alpha value is -1.52. The van der Waals surface area contributed by atoms with Gasteiger partial charge in [0.1, 0.15) is 6.10 Å². The molecule has 2 nitrogen and oxygen atoms in total. The number of oxime groups is 1. The van der Waals surface area contributed by atoms with Crippen molar-refractivity contribution in [1.29, 1.82) is 0 Å². The Kier molecular flexibility index (Phi) is 4.15. The van der Waals surface area contributed by atoms with Crippen molar-refractivity contribution in [2.24, 2.45) is 5.16 Å². The zero-order valence-corrected chi connectivity index (χ0v) is 9.88. The molecule has 0 aliphatic carbocycles. The molecule has 0 radical (unpaired) electrons. The second-order valence-electron chi connectivity index (χ2n) is 3.91. The van der Waals surface area contributed by atoms with E-state index in [1.165, 1.54) is 6.07 Å². The highest BCUT2D eigenvalue weighted by molar-refractivity contribution is 5.98. The summed E-state index contributed by atoms with van der Waals surface area (Å²) in [6.45, 7) is 5.20. The van der Waals surface area contributed by atoms with Gasteiger partial charge in [0.25, 0.3) is 0 Å². The van der Waals surface area contributed by atoms with Gasteiger partial charge in [0.15, 0.2) is 0 Å². The highest BCUT2D eigenvalue weighted by Gasteiger charge is 2.30. The molecule has 0 aliphatic heterocycles. The van der Waals surface area contributed by atoms with Crippen LogP contribution in [0.5, 0.6) is 0 Å². The maximum atomic E-state index is 12.5. The normalized spacial score (nSPS) is 13.0. The summed E-state index contributed by atoms with van der Waals surface area (Å²) in [4.78, 5) is 4.99. The quantitative estimate of drug-likeness (QED) is 0.585. The highest BCUT2D eigenvalue weighted by atomic mass is 19.4. The number of halogens is 3. The minimum absolute atomic E-state index is 0.101. The molecule has 0 unspecified atom stereocenters. The third-order valence-electron chi connectivity index (χ3n) is 2.01. The van der Waals surface area contributed by atoms with E-state index >= 15 is 0 Å². The molecule has 5 heteroatoms. The summed E-state index contributed by atoms with van der Waals surface area (Å²) >= 11 is 0. The van der Waals surface area contributed by atoms with Gasteiger partial charge in [-0.2, -0.15) is 13.2 Å². The van der Waals surface area contributed by atoms with Crippen LogP contribution in [0.15, 0.2) is 29.4 Å². The maximum Gasteiger partial charge on any atom is 0.416 e. The molecule has 0 N–H and O–H groups in total. The van der Waals surface area contributed by atoms with E-state index < -0.39 is 11.7 Å². The van der Waals surface area contributed by atoms with Crippen molar-refractivity contribution in [3.05, 3.63) is 35.4 Å². The monoisotopic (exact) mass is 245 g/mol. The topological polar surface area (TPSA) is 21.6 Å². The van der Waals surface area contributed by atoms with E-state index in [1.54, 1.807) is 26.8 Å². The number of hydrogen-bond acceptors (Lipinski definition) is 2. The Morgan fingerprint density at radius 1 is 1.29 bits per heavy atom. The molecule has 0 fully saturated rings.